The first-order valence-corrected chi connectivity index (χ1v) is 10.2. The van der Waals surface area contributed by atoms with Gasteiger partial charge in [0.2, 0.25) is 5.69 Å². The minimum absolute atomic E-state index is 0.00489. The van der Waals surface area contributed by atoms with Crippen LogP contribution in [0.5, 0.6) is 5.75 Å². The zero-order valence-electron chi connectivity index (χ0n) is 17.6. The molecular formula is C23H23FN4O4. The highest BCUT2D eigenvalue weighted by molar-refractivity contribution is 5.92. The van der Waals surface area contributed by atoms with Crippen molar-refractivity contribution in [3.05, 3.63) is 72.3 Å². The van der Waals surface area contributed by atoms with Gasteiger partial charge in [-0.3, -0.25) is 4.79 Å². The largest absolute Gasteiger partial charge is 0.493 e. The molecule has 0 aliphatic carbocycles. The number of piperazine rings is 1. The molecule has 1 saturated heterocycles. The number of aromatic nitrogens is 2. The van der Waals surface area contributed by atoms with Crippen molar-refractivity contribution in [1.29, 1.82) is 0 Å². The van der Waals surface area contributed by atoms with E-state index in [1.54, 1.807) is 23.2 Å². The molecule has 1 fully saturated rings. The topological polar surface area (TPSA) is 76.9 Å². The second kappa shape index (κ2) is 9.51. The van der Waals surface area contributed by atoms with Crippen LogP contribution in [0.25, 0.3) is 5.69 Å². The molecule has 8 nitrogen and oxygen atoms in total. The highest BCUT2D eigenvalue weighted by Crippen LogP contribution is 2.21. The van der Waals surface area contributed by atoms with E-state index in [9.17, 15) is 14.0 Å². The van der Waals surface area contributed by atoms with Crippen LogP contribution in [-0.2, 0) is 9.53 Å². The monoisotopic (exact) mass is 438 g/mol. The predicted molar refractivity (Wildman–Crippen MR) is 116 cm³/mol. The molecule has 1 aliphatic heterocycles. The number of para-hydroxylation sites is 1. The van der Waals surface area contributed by atoms with Gasteiger partial charge in [-0.15, -0.1) is 0 Å². The van der Waals surface area contributed by atoms with E-state index in [1.807, 2.05) is 30.3 Å². The second-order valence-corrected chi connectivity index (χ2v) is 7.25. The number of ether oxygens (including phenoxy) is 2. The van der Waals surface area contributed by atoms with Crippen molar-refractivity contribution < 1.29 is 23.5 Å². The maximum absolute atomic E-state index is 13.1. The molecular weight excluding hydrogens is 415 g/mol. The van der Waals surface area contributed by atoms with Crippen molar-refractivity contribution in [3.8, 4) is 11.4 Å². The van der Waals surface area contributed by atoms with Crippen LogP contribution in [0, 0.1) is 5.82 Å². The summed E-state index contributed by atoms with van der Waals surface area (Å²) in [5.41, 5.74) is 1.68. The minimum atomic E-state index is -0.727. The van der Waals surface area contributed by atoms with E-state index in [2.05, 4.69) is 10.00 Å². The molecule has 1 aliphatic rings. The van der Waals surface area contributed by atoms with Crippen LogP contribution in [0.4, 0.5) is 10.1 Å². The van der Waals surface area contributed by atoms with Crippen molar-refractivity contribution in [2.45, 2.75) is 0 Å². The maximum Gasteiger partial charge on any atom is 0.363 e. The van der Waals surface area contributed by atoms with Crippen LogP contribution >= 0.6 is 0 Å². The number of esters is 1. The van der Waals surface area contributed by atoms with Crippen molar-refractivity contribution in [1.82, 2.24) is 14.7 Å². The Morgan fingerprint density at radius 1 is 0.969 bits per heavy atom. The molecule has 0 saturated carbocycles. The number of nitrogens with zero attached hydrogens (tertiary/aromatic N) is 4. The molecule has 0 bridgehead atoms. The number of hydrogen-bond acceptors (Lipinski definition) is 6. The normalized spacial score (nSPS) is 13.7. The molecule has 2 heterocycles. The van der Waals surface area contributed by atoms with Gasteiger partial charge in [0.25, 0.3) is 5.91 Å². The summed E-state index contributed by atoms with van der Waals surface area (Å²) in [6, 6.07) is 15.6. The first-order valence-electron chi connectivity index (χ1n) is 10.2. The number of methoxy groups -OCH3 is 1. The molecule has 1 amide bonds. The number of amides is 1. The van der Waals surface area contributed by atoms with Gasteiger partial charge < -0.3 is 19.3 Å². The van der Waals surface area contributed by atoms with Crippen LogP contribution in [0.2, 0.25) is 0 Å². The van der Waals surface area contributed by atoms with E-state index in [0.29, 0.717) is 26.2 Å². The van der Waals surface area contributed by atoms with Crippen molar-refractivity contribution in [2.24, 2.45) is 0 Å². The third-order valence-corrected chi connectivity index (χ3v) is 5.27. The fraction of sp³-hybridized carbons (Fsp3) is 0.261. The molecule has 9 heteroatoms. The fourth-order valence-electron chi connectivity index (χ4n) is 3.51. The summed E-state index contributed by atoms with van der Waals surface area (Å²) in [4.78, 5) is 28.8. The Bertz CT molecular complexity index is 1080. The van der Waals surface area contributed by atoms with Crippen LogP contribution in [0.1, 0.15) is 10.5 Å². The zero-order valence-corrected chi connectivity index (χ0v) is 17.6. The number of halogens is 1. The SMILES string of the molecule is COc1cn(-c2ccccc2)nc1C(=O)OCC(=O)N1CCN(c2ccc(F)cc2)CC1. The van der Waals surface area contributed by atoms with Crippen molar-refractivity contribution in [2.75, 3.05) is 44.8 Å². The van der Waals surface area contributed by atoms with Gasteiger partial charge in [0.1, 0.15) is 5.82 Å². The maximum atomic E-state index is 13.1. The number of anilines is 1. The van der Waals surface area contributed by atoms with Crippen molar-refractivity contribution >= 4 is 17.6 Å². The summed E-state index contributed by atoms with van der Waals surface area (Å²) in [7, 11) is 1.44. The summed E-state index contributed by atoms with van der Waals surface area (Å²) >= 11 is 0. The molecule has 3 aromatic rings. The molecule has 166 valence electrons. The van der Waals surface area contributed by atoms with E-state index < -0.39 is 5.97 Å². The Hall–Kier alpha value is -3.88. The summed E-state index contributed by atoms with van der Waals surface area (Å²) < 4.78 is 25.1. The first-order chi connectivity index (χ1) is 15.5. The standard InChI is InChI=1S/C23H23FN4O4/c1-31-20-15-28(19-5-3-2-4-6-19)25-22(20)23(30)32-16-21(29)27-13-11-26(12-14-27)18-9-7-17(24)8-10-18/h2-10,15H,11-14,16H2,1H3. The Labute approximate surface area is 184 Å². The van der Waals surface area contributed by atoms with Crippen LogP contribution in [0.15, 0.2) is 60.8 Å². The highest BCUT2D eigenvalue weighted by Gasteiger charge is 2.25. The Morgan fingerprint density at radius 2 is 1.66 bits per heavy atom. The smallest absolute Gasteiger partial charge is 0.363 e. The van der Waals surface area contributed by atoms with Gasteiger partial charge >= 0.3 is 5.97 Å². The van der Waals surface area contributed by atoms with Gasteiger partial charge in [0, 0.05) is 31.9 Å². The molecule has 0 atom stereocenters. The van der Waals surface area contributed by atoms with Gasteiger partial charge in [0.15, 0.2) is 12.4 Å². The number of rotatable bonds is 6. The molecule has 0 radical (unpaired) electrons. The zero-order chi connectivity index (χ0) is 22.5. The molecule has 0 spiro atoms. The van der Waals surface area contributed by atoms with E-state index in [4.69, 9.17) is 9.47 Å². The van der Waals surface area contributed by atoms with E-state index in [0.717, 1.165) is 11.4 Å². The van der Waals surface area contributed by atoms with Gasteiger partial charge in [-0.1, -0.05) is 18.2 Å². The average molecular weight is 438 g/mol. The summed E-state index contributed by atoms with van der Waals surface area (Å²) in [6.45, 7) is 1.82. The Morgan fingerprint density at radius 3 is 2.31 bits per heavy atom. The number of carbonyl (C=O) groups excluding carboxylic acids is 2. The third kappa shape index (κ3) is 4.72. The van der Waals surface area contributed by atoms with Gasteiger partial charge in [-0.2, -0.15) is 5.10 Å². The van der Waals surface area contributed by atoms with E-state index in [1.165, 1.54) is 23.9 Å². The summed E-state index contributed by atoms with van der Waals surface area (Å²) in [5.74, 6) is -1.03. The molecule has 4 rings (SSSR count). The molecule has 1 aromatic heterocycles. The third-order valence-electron chi connectivity index (χ3n) is 5.27. The first kappa shape index (κ1) is 21.4. The van der Waals surface area contributed by atoms with Gasteiger partial charge in [-0.05, 0) is 36.4 Å². The fourth-order valence-corrected chi connectivity index (χ4v) is 3.51. The lowest BCUT2D eigenvalue weighted by atomic mass is 10.2. The number of benzene rings is 2. The lowest BCUT2D eigenvalue weighted by Gasteiger charge is -2.36. The minimum Gasteiger partial charge on any atom is -0.493 e. The highest BCUT2D eigenvalue weighted by atomic mass is 19.1. The van der Waals surface area contributed by atoms with Crippen LogP contribution < -0.4 is 9.64 Å². The van der Waals surface area contributed by atoms with Crippen LogP contribution in [-0.4, -0.2) is 66.5 Å². The molecule has 0 N–H and O–H groups in total. The van der Waals surface area contributed by atoms with Gasteiger partial charge in [0.05, 0.1) is 19.0 Å². The van der Waals surface area contributed by atoms with E-state index >= 15 is 0 Å². The lowest BCUT2D eigenvalue weighted by Crippen LogP contribution is -2.49. The Kier molecular flexibility index (Phi) is 6.34. The average Bonchev–Trinajstić information content (AvgIpc) is 3.28. The van der Waals surface area contributed by atoms with E-state index in [-0.39, 0.29) is 29.8 Å². The summed E-state index contributed by atoms with van der Waals surface area (Å²) in [5, 5.41) is 4.25. The molecule has 2 aromatic carbocycles. The van der Waals surface area contributed by atoms with Crippen LogP contribution in [0.3, 0.4) is 0 Å². The number of hydrogen-bond donors (Lipinski definition) is 0. The lowest BCUT2D eigenvalue weighted by molar-refractivity contribution is -0.134. The quantitative estimate of drug-likeness (QED) is 0.551. The predicted octanol–water partition coefficient (Wildman–Crippen LogP) is 2.53. The molecule has 32 heavy (non-hydrogen) atoms. The number of carbonyl (C=O) groups is 2. The Balaban J connectivity index is 1.32. The summed E-state index contributed by atoms with van der Waals surface area (Å²) in [6.07, 6.45) is 1.59. The van der Waals surface area contributed by atoms with Crippen molar-refractivity contribution in [3.63, 3.8) is 0 Å². The molecule has 0 unspecified atom stereocenters. The van der Waals surface area contributed by atoms with Gasteiger partial charge in [-0.25, -0.2) is 13.9 Å². The second-order valence-electron chi connectivity index (χ2n) is 7.25.